The first-order chi connectivity index (χ1) is 16.1. The maximum absolute atomic E-state index is 14.2. The van der Waals surface area contributed by atoms with Gasteiger partial charge in [-0.3, -0.25) is 4.98 Å². The third-order valence-corrected chi connectivity index (χ3v) is 5.41. The lowest BCUT2D eigenvalue weighted by Crippen LogP contribution is -2.15. The van der Waals surface area contributed by atoms with E-state index in [0.717, 1.165) is 6.20 Å². The molecular weight excluding hydrogens is 520 g/mol. The third kappa shape index (κ3) is 4.36. The van der Waals surface area contributed by atoms with Gasteiger partial charge in [0, 0.05) is 23.0 Å². The molecule has 0 atom stereocenters. The third-order valence-electron chi connectivity index (χ3n) is 4.60. The van der Waals surface area contributed by atoms with Crippen molar-refractivity contribution >= 4 is 40.8 Å². The molecule has 3 aromatic heterocycles. The van der Waals surface area contributed by atoms with Crippen molar-refractivity contribution in [1.82, 2.24) is 19.9 Å². The summed E-state index contributed by atoms with van der Waals surface area (Å²) in [5.41, 5.74) is -2.26. The van der Waals surface area contributed by atoms with E-state index in [2.05, 4.69) is 15.2 Å². The van der Waals surface area contributed by atoms with Crippen molar-refractivity contribution in [3.8, 4) is 28.3 Å². The molecule has 0 bridgehead atoms. The molecule has 7 nitrogen and oxygen atoms in total. The Hall–Kier alpha value is -3.08. The zero-order valence-corrected chi connectivity index (χ0v) is 19.3. The number of alkyl halides is 3. The van der Waals surface area contributed by atoms with Crippen molar-refractivity contribution in [2.24, 2.45) is 0 Å². The minimum absolute atomic E-state index is 0.00330. The number of nitrogens with zero attached hydrogens (tertiary/aromatic N) is 4. The van der Waals surface area contributed by atoms with Gasteiger partial charge in [-0.2, -0.15) is 18.3 Å². The largest absolute Gasteiger partial charge is 0.462 e. The molecule has 0 aliphatic heterocycles. The molecule has 0 saturated carbocycles. The Balaban J connectivity index is 2.01. The van der Waals surface area contributed by atoms with Crippen LogP contribution in [0.2, 0.25) is 15.1 Å². The zero-order valence-electron chi connectivity index (χ0n) is 17.0. The number of aromatic nitrogens is 4. The summed E-state index contributed by atoms with van der Waals surface area (Å²) in [7, 11) is 0. The number of rotatable bonds is 5. The molecule has 13 heteroatoms. The highest BCUT2D eigenvalue weighted by Gasteiger charge is 2.42. The van der Waals surface area contributed by atoms with Crippen LogP contribution in [-0.2, 0) is 10.9 Å². The van der Waals surface area contributed by atoms with Crippen LogP contribution in [0, 0.1) is 0 Å². The van der Waals surface area contributed by atoms with E-state index in [1.165, 1.54) is 43.6 Å². The van der Waals surface area contributed by atoms with Crippen LogP contribution in [0.1, 0.15) is 23.0 Å². The number of esters is 1. The predicted molar refractivity (Wildman–Crippen MR) is 118 cm³/mol. The second-order valence-electron chi connectivity index (χ2n) is 6.73. The molecule has 0 radical (unpaired) electrons. The number of carbonyl (C=O) groups excluding carboxylic acids is 1. The van der Waals surface area contributed by atoms with Crippen molar-refractivity contribution in [2.45, 2.75) is 13.1 Å². The van der Waals surface area contributed by atoms with E-state index in [1.807, 2.05) is 0 Å². The molecular formula is C21H12Cl3F3N4O3. The summed E-state index contributed by atoms with van der Waals surface area (Å²) in [4.78, 5) is 16.7. The van der Waals surface area contributed by atoms with E-state index < -0.39 is 34.7 Å². The number of pyridine rings is 1. The number of hydrogen-bond donors (Lipinski definition) is 0. The van der Waals surface area contributed by atoms with Crippen LogP contribution >= 0.6 is 34.8 Å². The molecule has 34 heavy (non-hydrogen) atoms. The Bertz CT molecular complexity index is 1370. The number of benzene rings is 1. The van der Waals surface area contributed by atoms with Gasteiger partial charge in [-0.05, 0) is 25.1 Å². The van der Waals surface area contributed by atoms with E-state index in [-0.39, 0.29) is 38.6 Å². The fourth-order valence-corrected chi connectivity index (χ4v) is 3.99. The van der Waals surface area contributed by atoms with E-state index in [1.54, 1.807) is 0 Å². The molecule has 0 fully saturated rings. The van der Waals surface area contributed by atoms with Gasteiger partial charge in [0.15, 0.2) is 11.5 Å². The lowest BCUT2D eigenvalue weighted by Gasteiger charge is -2.12. The zero-order chi connectivity index (χ0) is 24.6. The summed E-state index contributed by atoms with van der Waals surface area (Å²) in [6, 6.07) is 5.68. The molecule has 4 rings (SSSR count). The highest BCUT2D eigenvalue weighted by Crippen LogP contribution is 2.43. The van der Waals surface area contributed by atoms with E-state index in [9.17, 15) is 18.0 Å². The monoisotopic (exact) mass is 530 g/mol. The van der Waals surface area contributed by atoms with Crippen LogP contribution in [0.15, 0.2) is 47.4 Å². The van der Waals surface area contributed by atoms with E-state index >= 15 is 0 Å². The molecule has 0 amide bonds. The highest BCUT2D eigenvalue weighted by atomic mass is 35.5. The summed E-state index contributed by atoms with van der Waals surface area (Å²) in [6.07, 6.45) is -1.51. The van der Waals surface area contributed by atoms with Gasteiger partial charge in [0.05, 0.1) is 34.1 Å². The summed E-state index contributed by atoms with van der Waals surface area (Å²) in [6.45, 7) is 1.48. The summed E-state index contributed by atoms with van der Waals surface area (Å²) < 4.78 is 53.6. The standard InChI is InChI=1S/C21H12Cl3F3N4O3/c1-2-33-20(32)16-17(15-13(23)8-28-9-14(15)24)30-34-18(16)12-7-29-31(19(12)21(25,26)27)11-5-3-4-10(22)6-11/h3-9H,2H2,1H3. The lowest BCUT2D eigenvalue weighted by atomic mass is 10.0. The van der Waals surface area contributed by atoms with Crippen LogP contribution in [0.3, 0.4) is 0 Å². The Morgan fingerprint density at radius 3 is 2.47 bits per heavy atom. The molecule has 3 heterocycles. The van der Waals surface area contributed by atoms with Gasteiger partial charge in [-0.1, -0.05) is 46.0 Å². The fourth-order valence-electron chi connectivity index (χ4n) is 3.27. The van der Waals surface area contributed by atoms with Crippen LogP contribution in [0.4, 0.5) is 13.2 Å². The Morgan fingerprint density at radius 2 is 1.85 bits per heavy atom. The van der Waals surface area contributed by atoms with Gasteiger partial charge in [0.2, 0.25) is 0 Å². The molecule has 0 aliphatic carbocycles. The number of halogens is 6. The average molecular weight is 532 g/mol. The fraction of sp³-hybridized carbons (Fsp3) is 0.143. The SMILES string of the molecule is CCOC(=O)c1c(-c2c(Cl)cncc2Cl)noc1-c1cnn(-c2cccc(Cl)c2)c1C(F)(F)F. The van der Waals surface area contributed by atoms with Crippen molar-refractivity contribution in [1.29, 1.82) is 0 Å². The minimum atomic E-state index is -4.90. The first-order valence-electron chi connectivity index (χ1n) is 9.51. The maximum Gasteiger partial charge on any atom is 0.434 e. The topological polar surface area (TPSA) is 83.0 Å². The van der Waals surface area contributed by atoms with Gasteiger partial charge in [-0.15, -0.1) is 0 Å². The van der Waals surface area contributed by atoms with Crippen LogP contribution in [0.5, 0.6) is 0 Å². The first kappa shape index (κ1) is 24.1. The Labute approximate surface area is 205 Å². The number of ether oxygens (including phenoxy) is 1. The Kier molecular flexibility index (Phi) is 6.57. The normalized spacial score (nSPS) is 11.6. The molecule has 176 valence electrons. The second-order valence-corrected chi connectivity index (χ2v) is 7.98. The van der Waals surface area contributed by atoms with Crippen LogP contribution in [0.25, 0.3) is 28.3 Å². The molecule has 0 aliphatic rings. The summed E-state index contributed by atoms with van der Waals surface area (Å²) >= 11 is 18.3. The molecule has 0 N–H and O–H groups in total. The molecule has 4 aromatic rings. The van der Waals surface area contributed by atoms with Crippen molar-refractivity contribution in [3.05, 3.63) is 69.2 Å². The van der Waals surface area contributed by atoms with E-state index in [0.29, 0.717) is 4.68 Å². The molecule has 0 unspecified atom stereocenters. The summed E-state index contributed by atoms with van der Waals surface area (Å²) in [5, 5.41) is 7.89. The molecule has 0 saturated heterocycles. The van der Waals surface area contributed by atoms with Crippen molar-refractivity contribution in [2.75, 3.05) is 6.61 Å². The number of carbonyl (C=O) groups is 1. The van der Waals surface area contributed by atoms with Gasteiger partial charge in [0.1, 0.15) is 11.3 Å². The summed E-state index contributed by atoms with van der Waals surface area (Å²) in [5.74, 6) is -1.50. The van der Waals surface area contributed by atoms with Gasteiger partial charge >= 0.3 is 12.1 Å². The van der Waals surface area contributed by atoms with Crippen LogP contribution < -0.4 is 0 Å². The van der Waals surface area contributed by atoms with E-state index in [4.69, 9.17) is 44.1 Å². The van der Waals surface area contributed by atoms with Crippen molar-refractivity contribution < 1.29 is 27.2 Å². The lowest BCUT2D eigenvalue weighted by molar-refractivity contribution is -0.142. The predicted octanol–water partition coefficient (Wildman–Crippen LogP) is 6.75. The quantitative estimate of drug-likeness (QED) is 0.265. The Morgan fingerprint density at radius 1 is 1.15 bits per heavy atom. The number of hydrogen-bond acceptors (Lipinski definition) is 6. The van der Waals surface area contributed by atoms with Gasteiger partial charge in [-0.25, -0.2) is 9.48 Å². The molecule has 0 spiro atoms. The second kappa shape index (κ2) is 9.28. The first-order valence-corrected chi connectivity index (χ1v) is 10.6. The maximum atomic E-state index is 14.2. The van der Waals surface area contributed by atoms with Crippen molar-refractivity contribution in [3.63, 3.8) is 0 Å². The van der Waals surface area contributed by atoms with Gasteiger partial charge < -0.3 is 9.26 Å². The smallest absolute Gasteiger partial charge is 0.434 e. The molecule has 1 aromatic carbocycles. The van der Waals surface area contributed by atoms with Gasteiger partial charge in [0.25, 0.3) is 0 Å². The average Bonchev–Trinajstić information content (AvgIpc) is 3.38. The minimum Gasteiger partial charge on any atom is -0.462 e. The van der Waals surface area contributed by atoms with Crippen LogP contribution in [-0.4, -0.2) is 32.5 Å². The highest BCUT2D eigenvalue weighted by molar-refractivity contribution is 6.39.